The third-order valence-corrected chi connectivity index (χ3v) is 5.43. The van der Waals surface area contributed by atoms with Crippen molar-refractivity contribution in [3.05, 3.63) is 29.8 Å². The zero-order valence-electron chi connectivity index (χ0n) is 10.9. The van der Waals surface area contributed by atoms with Gasteiger partial charge >= 0.3 is 0 Å². The number of benzene rings is 1. The van der Waals surface area contributed by atoms with Crippen LogP contribution in [-0.4, -0.2) is 32.9 Å². The van der Waals surface area contributed by atoms with Gasteiger partial charge in [0.1, 0.15) is 0 Å². The number of sulfonamides is 1. The number of hydrogen-bond donors (Lipinski definition) is 1. The lowest BCUT2D eigenvalue weighted by atomic mass is 10.1. The number of rotatable bonds is 4. The second-order valence-corrected chi connectivity index (χ2v) is 6.63. The quantitative estimate of drug-likeness (QED) is 0.905. The first-order valence-corrected chi connectivity index (χ1v) is 7.77. The van der Waals surface area contributed by atoms with E-state index in [4.69, 9.17) is 0 Å². The first-order chi connectivity index (χ1) is 8.55. The Labute approximate surface area is 109 Å². The molecule has 1 aromatic carbocycles. The Morgan fingerprint density at radius 2 is 1.72 bits per heavy atom. The minimum atomic E-state index is -3.27. The van der Waals surface area contributed by atoms with Gasteiger partial charge in [0.05, 0.1) is 4.90 Å². The van der Waals surface area contributed by atoms with Crippen LogP contribution < -0.4 is 5.32 Å². The van der Waals surface area contributed by atoms with E-state index in [-0.39, 0.29) is 6.04 Å². The fourth-order valence-corrected chi connectivity index (χ4v) is 3.69. The lowest BCUT2D eigenvalue weighted by molar-refractivity contribution is 0.477. The van der Waals surface area contributed by atoms with Crippen molar-refractivity contribution in [1.29, 1.82) is 0 Å². The minimum absolute atomic E-state index is 0.230. The van der Waals surface area contributed by atoms with Crippen LogP contribution in [0.25, 0.3) is 0 Å². The maximum absolute atomic E-state index is 12.3. The van der Waals surface area contributed by atoms with Crippen molar-refractivity contribution in [2.45, 2.75) is 30.7 Å². The Morgan fingerprint density at radius 1 is 1.17 bits per heavy atom. The first-order valence-electron chi connectivity index (χ1n) is 6.33. The molecule has 1 aromatic rings. The van der Waals surface area contributed by atoms with Gasteiger partial charge in [0, 0.05) is 19.1 Å². The topological polar surface area (TPSA) is 49.4 Å². The van der Waals surface area contributed by atoms with Crippen LogP contribution in [0.1, 0.15) is 31.4 Å². The van der Waals surface area contributed by atoms with E-state index < -0.39 is 10.0 Å². The molecule has 0 bridgehead atoms. The highest BCUT2D eigenvalue weighted by Gasteiger charge is 2.26. The van der Waals surface area contributed by atoms with Gasteiger partial charge in [-0.15, -0.1) is 0 Å². The molecule has 1 heterocycles. The van der Waals surface area contributed by atoms with Gasteiger partial charge in [0.25, 0.3) is 0 Å². The Balaban J connectivity index is 2.23. The molecule has 100 valence electrons. The molecule has 0 radical (unpaired) electrons. The summed E-state index contributed by atoms with van der Waals surface area (Å²) in [6.07, 6.45) is 1.93. The second kappa shape index (κ2) is 5.38. The van der Waals surface area contributed by atoms with Crippen LogP contribution >= 0.6 is 0 Å². The van der Waals surface area contributed by atoms with Gasteiger partial charge in [-0.25, -0.2) is 8.42 Å². The van der Waals surface area contributed by atoms with Gasteiger partial charge in [0.2, 0.25) is 10.0 Å². The smallest absolute Gasteiger partial charge is 0.243 e. The molecule has 0 aliphatic carbocycles. The van der Waals surface area contributed by atoms with Crippen LogP contribution in [-0.2, 0) is 10.0 Å². The summed E-state index contributed by atoms with van der Waals surface area (Å²) < 4.78 is 26.2. The highest BCUT2D eigenvalue weighted by Crippen LogP contribution is 2.22. The Kier molecular flexibility index (Phi) is 4.04. The molecule has 0 aromatic heterocycles. The molecule has 1 unspecified atom stereocenters. The number of hydrogen-bond acceptors (Lipinski definition) is 3. The van der Waals surface area contributed by atoms with Crippen molar-refractivity contribution in [2.24, 2.45) is 0 Å². The summed E-state index contributed by atoms with van der Waals surface area (Å²) in [5.41, 5.74) is 1.10. The van der Waals surface area contributed by atoms with Crippen molar-refractivity contribution in [1.82, 2.24) is 9.62 Å². The van der Waals surface area contributed by atoms with Crippen molar-refractivity contribution >= 4 is 10.0 Å². The maximum Gasteiger partial charge on any atom is 0.243 e. The van der Waals surface area contributed by atoms with E-state index >= 15 is 0 Å². The summed E-state index contributed by atoms with van der Waals surface area (Å²) in [5.74, 6) is 0. The van der Waals surface area contributed by atoms with E-state index in [1.54, 1.807) is 16.4 Å². The highest BCUT2D eigenvalue weighted by molar-refractivity contribution is 7.89. The van der Waals surface area contributed by atoms with E-state index in [0.717, 1.165) is 18.4 Å². The van der Waals surface area contributed by atoms with Gasteiger partial charge in [-0.1, -0.05) is 12.1 Å². The molecule has 2 rings (SSSR count). The van der Waals surface area contributed by atoms with Gasteiger partial charge < -0.3 is 5.32 Å². The van der Waals surface area contributed by atoms with Crippen LogP contribution in [0.15, 0.2) is 29.2 Å². The van der Waals surface area contributed by atoms with Crippen molar-refractivity contribution < 1.29 is 8.42 Å². The molecule has 1 aliphatic heterocycles. The summed E-state index contributed by atoms with van der Waals surface area (Å²) in [6, 6.07) is 7.40. The van der Waals surface area contributed by atoms with E-state index in [1.165, 1.54) is 0 Å². The van der Waals surface area contributed by atoms with E-state index in [1.807, 2.05) is 26.1 Å². The number of nitrogens with zero attached hydrogens (tertiary/aromatic N) is 1. The predicted molar refractivity (Wildman–Crippen MR) is 71.9 cm³/mol. The summed E-state index contributed by atoms with van der Waals surface area (Å²) in [4.78, 5) is 0.399. The monoisotopic (exact) mass is 268 g/mol. The Hall–Kier alpha value is -0.910. The third kappa shape index (κ3) is 2.58. The van der Waals surface area contributed by atoms with Crippen LogP contribution in [0.3, 0.4) is 0 Å². The molecular formula is C13H20N2O2S. The molecule has 1 saturated heterocycles. The zero-order chi connectivity index (χ0) is 13.2. The van der Waals surface area contributed by atoms with E-state index in [2.05, 4.69) is 5.32 Å². The molecule has 0 saturated carbocycles. The third-order valence-electron chi connectivity index (χ3n) is 3.52. The first kappa shape index (κ1) is 13.5. The highest BCUT2D eigenvalue weighted by atomic mass is 32.2. The average Bonchev–Trinajstić information content (AvgIpc) is 2.92. The molecule has 0 spiro atoms. The SMILES string of the molecule is CNC(C)c1ccc(S(=O)(=O)N2CCCC2)cc1. The molecule has 1 atom stereocenters. The molecule has 18 heavy (non-hydrogen) atoms. The van der Waals surface area contributed by atoms with Gasteiger partial charge in [-0.2, -0.15) is 4.31 Å². The van der Waals surface area contributed by atoms with Crippen LogP contribution in [0, 0.1) is 0 Å². The van der Waals surface area contributed by atoms with Crippen LogP contribution in [0.2, 0.25) is 0 Å². The number of nitrogens with one attached hydrogen (secondary N) is 1. The van der Waals surface area contributed by atoms with Crippen molar-refractivity contribution in [3.8, 4) is 0 Å². The van der Waals surface area contributed by atoms with Crippen molar-refractivity contribution in [2.75, 3.05) is 20.1 Å². The fourth-order valence-electron chi connectivity index (χ4n) is 2.17. The fraction of sp³-hybridized carbons (Fsp3) is 0.538. The normalized spacial score (nSPS) is 19.0. The zero-order valence-corrected chi connectivity index (χ0v) is 11.7. The second-order valence-electron chi connectivity index (χ2n) is 4.69. The molecular weight excluding hydrogens is 248 g/mol. The van der Waals surface area contributed by atoms with Crippen LogP contribution in [0.4, 0.5) is 0 Å². The lowest BCUT2D eigenvalue weighted by Gasteiger charge is -2.16. The molecule has 0 amide bonds. The minimum Gasteiger partial charge on any atom is -0.313 e. The Bertz CT molecular complexity index is 490. The molecule has 4 nitrogen and oxygen atoms in total. The summed E-state index contributed by atoms with van der Waals surface area (Å²) in [7, 11) is -1.39. The standard InChI is InChI=1S/C13H20N2O2S/c1-11(14-2)12-5-7-13(8-6-12)18(16,17)15-9-3-4-10-15/h5-8,11,14H,3-4,9-10H2,1-2H3. The van der Waals surface area contributed by atoms with Crippen LogP contribution in [0.5, 0.6) is 0 Å². The summed E-state index contributed by atoms with van der Waals surface area (Å²) >= 11 is 0. The Morgan fingerprint density at radius 3 is 2.22 bits per heavy atom. The lowest BCUT2D eigenvalue weighted by Crippen LogP contribution is -2.27. The molecule has 1 N–H and O–H groups in total. The summed E-state index contributed by atoms with van der Waals surface area (Å²) in [6.45, 7) is 3.35. The van der Waals surface area contributed by atoms with E-state index in [0.29, 0.717) is 18.0 Å². The molecule has 1 aliphatic rings. The van der Waals surface area contributed by atoms with Gasteiger partial charge in [-0.05, 0) is 44.5 Å². The summed E-state index contributed by atoms with van der Waals surface area (Å²) in [5, 5.41) is 3.13. The van der Waals surface area contributed by atoms with Gasteiger partial charge in [0.15, 0.2) is 0 Å². The average molecular weight is 268 g/mol. The molecule has 5 heteroatoms. The maximum atomic E-state index is 12.3. The van der Waals surface area contributed by atoms with Gasteiger partial charge in [-0.3, -0.25) is 0 Å². The van der Waals surface area contributed by atoms with Crippen molar-refractivity contribution in [3.63, 3.8) is 0 Å². The molecule has 1 fully saturated rings. The van der Waals surface area contributed by atoms with E-state index in [9.17, 15) is 8.42 Å². The predicted octanol–water partition coefficient (Wildman–Crippen LogP) is 1.75. The largest absolute Gasteiger partial charge is 0.313 e.